The number of rotatable bonds is 6. The molecule has 0 aliphatic carbocycles. The maximum absolute atomic E-state index is 12.2. The van der Waals surface area contributed by atoms with Crippen LogP contribution in [-0.4, -0.2) is 40.1 Å². The average molecular weight is 393 g/mol. The Morgan fingerprint density at radius 3 is 2.64 bits per heavy atom. The molecule has 1 aliphatic heterocycles. The summed E-state index contributed by atoms with van der Waals surface area (Å²) in [6.07, 6.45) is 2.62. The number of unbranched alkanes of at least 4 members (excludes halogenated alkanes) is 2. The Balaban J connectivity index is 2.09. The highest BCUT2D eigenvalue weighted by Crippen LogP contribution is 2.26. The van der Waals surface area contributed by atoms with Crippen molar-refractivity contribution in [3.8, 4) is 0 Å². The molecular formula is C19H32N6O3. The summed E-state index contributed by atoms with van der Waals surface area (Å²) in [5.74, 6) is -1.19. The number of nitrogens with zero attached hydrogens (tertiary/aromatic N) is 2. The first kappa shape index (κ1) is 21.9. The minimum atomic E-state index is -0.757. The minimum Gasteiger partial charge on any atom is -0.348 e. The van der Waals surface area contributed by atoms with Crippen molar-refractivity contribution in [2.75, 3.05) is 11.9 Å². The van der Waals surface area contributed by atoms with Crippen molar-refractivity contribution in [3.63, 3.8) is 0 Å². The summed E-state index contributed by atoms with van der Waals surface area (Å²) < 4.78 is 1.49. The fraction of sp³-hybridized carbons (Fsp3) is 0.684. The fourth-order valence-electron chi connectivity index (χ4n) is 3.01. The molecule has 4 N–H and O–H groups in total. The zero-order chi connectivity index (χ0) is 20.9. The molecule has 1 aliphatic rings. The van der Waals surface area contributed by atoms with Gasteiger partial charge in [0.15, 0.2) is 6.29 Å². The molecule has 2 unspecified atom stereocenters. The van der Waals surface area contributed by atoms with Crippen LogP contribution in [0, 0.1) is 12.3 Å². The Hall–Kier alpha value is -2.42. The number of anilines is 1. The summed E-state index contributed by atoms with van der Waals surface area (Å²) >= 11 is 0. The van der Waals surface area contributed by atoms with E-state index in [0.717, 1.165) is 19.3 Å². The number of amides is 3. The Bertz CT molecular complexity index is 722. The molecule has 0 saturated carbocycles. The lowest BCUT2D eigenvalue weighted by Gasteiger charge is -2.39. The van der Waals surface area contributed by atoms with E-state index in [-0.39, 0.29) is 17.4 Å². The summed E-state index contributed by atoms with van der Waals surface area (Å²) in [5.41, 5.74) is 0.535. The number of aryl methyl sites for hydroxylation is 1. The molecule has 2 atom stereocenters. The number of hydrogen-bond acceptors (Lipinski definition) is 5. The first-order valence-electron chi connectivity index (χ1n) is 9.82. The monoisotopic (exact) mass is 392 g/mol. The van der Waals surface area contributed by atoms with Crippen LogP contribution in [0.2, 0.25) is 0 Å². The first-order chi connectivity index (χ1) is 13.1. The molecule has 156 valence electrons. The molecule has 0 aromatic carbocycles. The number of aromatic nitrogens is 2. The number of nitrogens with one attached hydrogen (secondary N) is 4. The summed E-state index contributed by atoms with van der Waals surface area (Å²) in [6.45, 7) is 10.5. The van der Waals surface area contributed by atoms with Crippen LogP contribution in [0.5, 0.6) is 0 Å². The topological polar surface area (TPSA) is 117 Å². The number of carbonyl (C=O) groups excluding carboxylic acids is 3. The third kappa shape index (κ3) is 5.79. The second kappa shape index (κ2) is 9.18. The zero-order valence-electron chi connectivity index (χ0n) is 17.4. The highest BCUT2D eigenvalue weighted by atomic mass is 16.2. The van der Waals surface area contributed by atoms with Gasteiger partial charge in [-0.3, -0.25) is 19.7 Å². The van der Waals surface area contributed by atoms with Crippen molar-refractivity contribution in [1.29, 1.82) is 0 Å². The third-order valence-electron chi connectivity index (χ3n) is 4.71. The molecule has 2 heterocycles. The molecule has 1 saturated heterocycles. The minimum absolute atomic E-state index is 0.0545. The van der Waals surface area contributed by atoms with Gasteiger partial charge < -0.3 is 16.0 Å². The van der Waals surface area contributed by atoms with Gasteiger partial charge in [0.1, 0.15) is 5.82 Å². The summed E-state index contributed by atoms with van der Waals surface area (Å²) in [7, 11) is 0. The van der Waals surface area contributed by atoms with Crippen molar-refractivity contribution in [1.82, 2.24) is 25.7 Å². The van der Waals surface area contributed by atoms with Gasteiger partial charge in [-0.15, -0.1) is 0 Å². The lowest BCUT2D eigenvalue weighted by molar-refractivity contribution is -0.136. The molecule has 3 amide bonds. The Labute approximate surface area is 166 Å². The SMILES string of the molecule is CCCCCNC(=O)C(=O)Nc1cc(C)nn1C1NC(=O)CC(C(C)(C)C)N1. The molecule has 1 aromatic rings. The molecule has 9 nitrogen and oxygen atoms in total. The number of hydrogen-bond donors (Lipinski definition) is 4. The quantitative estimate of drug-likeness (QED) is 0.431. The van der Waals surface area contributed by atoms with Crippen molar-refractivity contribution < 1.29 is 14.4 Å². The molecule has 1 aromatic heterocycles. The lowest BCUT2D eigenvalue weighted by atomic mass is 9.84. The highest BCUT2D eigenvalue weighted by molar-refractivity contribution is 6.39. The van der Waals surface area contributed by atoms with E-state index in [0.29, 0.717) is 24.5 Å². The van der Waals surface area contributed by atoms with E-state index in [1.807, 2.05) is 0 Å². The van der Waals surface area contributed by atoms with Gasteiger partial charge >= 0.3 is 11.8 Å². The predicted octanol–water partition coefficient (Wildman–Crippen LogP) is 1.42. The molecule has 9 heteroatoms. The molecule has 0 bridgehead atoms. The zero-order valence-corrected chi connectivity index (χ0v) is 17.4. The van der Waals surface area contributed by atoms with Gasteiger partial charge in [-0.2, -0.15) is 5.10 Å². The van der Waals surface area contributed by atoms with Crippen molar-refractivity contribution >= 4 is 23.5 Å². The van der Waals surface area contributed by atoms with Crippen LogP contribution in [0.3, 0.4) is 0 Å². The number of carbonyl (C=O) groups is 3. The highest BCUT2D eigenvalue weighted by Gasteiger charge is 2.35. The summed E-state index contributed by atoms with van der Waals surface area (Å²) in [5, 5.41) is 15.8. The largest absolute Gasteiger partial charge is 0.348 e. The van der Waals surface area contributed by atoms with Crippen molar-refractivity contribution in [2.24, 2.45) is 5.41 Å². The van der Waals surface area contributed by atoms with Gasteiger partial charge in [0, 0.05) is 25.1 Å². The smallest absolute Gasteiger partial charge is 0.314 e. The van der Waals surface area contributed by atoms with Gasteiger partial charge in [-0.05, 0) is 18.8 Å². The summed E-state index contributed by atoms with van der Waals surface area (Å²) in [6, 6.07) is 1.61. The van der Waals surface area contributed by atoms with E-state index < -0.39 is 18.1 Å². The van der Waals surface area contributed by atoms with E-state index in [9.17, 15) is 14.4 Å². The van der Waals surface area contributed by atoms with Gasteiger partial charge in [-0.25, -0.2) is 4.68 Å². The van der Waals surface area contributed by atoms with Crippen LogP contribution in [0.4, 0.5) is 5.82 Å². The van der Waals surface area contributed by atoms with Crippen LogP contribution in [0.1, 0.15) is 65.4 Å². The third-order valence-corrected chi connectivity index (χ3v) is 4.71. The van der Waals surface area contributed by atoms with Gasteiger partial charge in [0.2, 0.25) is 5.91 Å². The van der Waals surface area contributed by atoms with Crippen LogP contribution in [0.15, 0.2) is 6.07 Å². The van der Waals surface area contributed by atoms with Crippen LogP contribution < -0.4 is 21.3 Å². The summed E-state index contributed by atoms with van der Waals surface area (Å²) in [4.78, 5) is 36.4. The van der Waals surface area contributed by atoms with Crippen molar-refractivity contribution in [2.45, 2.75) is 72.6 Å². The van der Waals surface area contributed by atoms with E-state index in [1.54, 1.807) is 13.0 Å². The average Bonchev–Trinajstić information content (AvgIpc) is 2.97. The molecular weight excluding hydrogens is 360 g/mol. The Morgan fingerprint density at radius 1 is 1.29 bits per heavy atom. The van der Waals surface area contributed by atoms with Gasteiger partial charge in [0.05, 0.1) is 5.69 Å². The fourth-order valence-corrected chi connectivity index (χ4v) is 3.01. The normalized spacial score (nSPS) is 19.8. The van der Waals surface area contributed by atoms with E-state index >= 15 is 0 Å². The van der Waals surface area contributed by atoms with E-state index in [2.05, 4.69) is 54.1 Å². The maximum Gasteiger partial charge on any atom is 0.314 e. The molecule has 0 radical (unpaired) electrons. The second-order valence-corrected chi connectivity index (χ2v) is 8.29. The molecule has 28 heavy (non-hydrogen) atoms. The standard InChI is InChI=1S/C19H32N6O3/c1-6-7-8-9-20-16(27)17(28)22-14-10-12(2)24-25(14)18-21-13(19(3,4)5)11-15(26)23-18/h10,13,18,21H,6-9,11H2,1-5H3,(H,20,27)(H,22,28)(H,23,26). The van der Waals surface area contributed by atoms with E-state index in [1.165, 1.54) is 4.68 Å². The maximum atomic E-state index is 12.2. The van der Waals surface area contributed by atoms with Gasteiger partial charge in [0.25, 0.3) is 0 Å². The van der Waals surface area contributed by atoms with E-state index in [4.69, 9.17) is 0 Å². The Kier molecular flexibility index (Phi) is 7.17. The van der Waals surface area contributed by atoms with Gasteiger partial charge in [-0.1, -0.05) is 40.5 Å². The van der Waals surface area contributed by atoms with Crippen LogP contribution in [-0.2, 0) is 14.4 Å². The first-order valence-corrected chi connectivity index (χ1v) is 9.82. The molecule has 1 fully saturated rings. The predicted molar refractivity (Wildman–Crippen MR) is 106 cm³/mol. The second-order valence-electron chi connectivity index (χ2n) is 8.29. The Morgan fingerprint density at radius 2 is 2.00 bits per heavy atom. The molecule has 0 spiro atoms. The molecule has 2 rings (SSSR count). The lowest BCUT2D eigenvalue weighted by Crippen LogP contribution is -2.57. The van der Waals surface area contributed by atoms with Crippen LogP contribution >= 0.6 is 0 Å². The van der Waals surface area contributed by atoms with Crippen LogP contribution in [0.25, 0.3) is 0 Å². The van der Waals surface area contributed by atoms with Crippen molar-refractivity contribution in [3.05, 3.63) is 11.8 Å².